The number of halogens is 1. The number of rotatable bonds is 6. The molecule has 0 saturated heterocycles. The molecule has 0 radical (unpaired) electrons. The van der Waals surface area contributed by atoms with E-state index < -0.39 is 21.9 Å². The van der Waals surface area contributed by atoms with E-state index in [4.69, 9.17) is 4.74 Å². The van der Waals surface area contributed by atoms with Crippen molar-refractivity contribution >= 4 is 21.6 Å². The van der Waals surface area contributed by atoms with Gasteiger partial charge >= 0.3 is 0 Å². The zero-order valence-corrected chi connectivity index (χ0v) is 13.9. The van der Waals surface area contributed by atoms with Crippen molar-refractivity contribution in [2.75, 3.05) is 11.8 Å². The van der Waals surface area contributed by atoms with Gasteiger partial charge in [-0.25, -0.2) is 12.8 Å². The Bertz CT molecular complexity index is 822. The van der Waals surface area contributed by atoms with Crippen LogP contribution in [0.3, 0.4) is 0 Å². The third-order valence-electron chi connectivity index (χ3n) is 3.18. The lowest BCUT2D eigenvalue weighted by molar-refractivity contribution is -0.126. The minimum atomic E-state index is -3.93. The number of amides is 1. The molecule has 2 rings (SSSR count). The molecule has 2 aromatic rings. The van der Waals surface area contributed by atoms with Crippen LogP contribution in [0.1, 0.15) is 6.92 Å². The van der Waals surface area contributed by atoms with Crippen LogP contribution in [0.2, 0.25) is 0 Å². The lowest BCUT2D eigenvalue weighted by Crippen LogP contribution is -2.33. The van der Waals surface area contributed by atoms with Crippen molar-refractivity contribution in [2.24, 2.45) is 0 Å². The number of para-hydroxylation sites is 1. The number of hydrogen-bond donors (Lipinski definition) is 2. The first-order chi connectivity index (χ1) is 11.3. The zero-order valence-electron chi connectivity index (χ0n) is 13.1. The van der Waals surface area contributed by atoms with Gasteiger partial charge in [-0.2, -0.15) is 0 Å². The minimum absolute atomic E-state index is 0.0503. The van der Waals surface area contributed by atoms with Crippen molar-refractivity contribution in [3.05, 3.63) is 54.3 Å². The molecule has 0 aromatic heterocycles. The van der Waals surface area contributed by atoms with Crippen LogP contribution in [0, 0.1) is 5.82 Å². The van der Waals surface area contributed by atoms with Crippen LogP contribution < -0.4 is 14.8 Å². The van der Waals surface area contributed by atoms with Crippen LogP contribution >= 0.6 is 0 Å². The highest BCUT2D eigenvalue weighted by Crippen LogP contribution is 2.21. The number of carbonyl (C=O) groups is 1. The Kier molecular flexibility index (Phi) is 5.40. The van der Waals surface area contributed by atoms with E-state index in [-0.39, 0.29) is 16.5 Å². The topological polar surface area (TPSA) is 84.5 Å². The molecular weight excluding hydrogens is 335 g/mol. The predicted molar refractivity (Wildman–Crippen MR) is 87.8 cm³/mol. The van der Waals surface area contributed by atoms with Gasteiger partial charge in [-0.3, -0.25) is 9.52 Å². The standard InChI is InChI=1S/C16H17FN2O4S/c1-11(16(20)18-2)23-12-7-9-13(10-8-12)24(21,22)19-15-6-4-3-5-14(15)17/h3-11,19H,1-2H3,(H,18,20)/t11-/m0/s1. The Morgan fingerprint density at radius 1 is 1.12 bits per heavy atom. The molecule has 0 heterocycles. The number of sulfonamides is 1. The second-order valence-electron chi connectivity index (χ2n) is 4.93. The minimum Gasteiger partial charge on any atom is -0.481 e. The third-order valence-corrected chi connectivity index (χ3v) is 4.56. The SMILES string of the molecule is CNC(=O)[C@H](C)Oc1ccc(S(=O)(=O)Nc2ccccc2F)cc1. The van der Waals surface area contributed by atoms with E-state index in [1.165, 1.54) is 49.5 Å². The molecule has 24 heavy (non-hydrogen) atoms. The molecule has 6 nitrogen and oxygen atoms in total. The lowest BCUT2D eigenvalue weighted by Gasteiger charge is -2.14. The third kappa shape index (κ3) is 4.23. The Hall–Kier alpha value is -2.61. The van der Waals surface area contributed by atoms with Crippen LogP contribution in [0.25, 0.3) is 0 Å². The molecule has 0 fully saturated rings. The van der Waals surface area contributed by atoms with E-state index in [2.05, 4.69) is 10.0 Å². The fraction of sp³-hybridized carbons (Fsp3) is 0.188. The van der Waals surface area contributed by atoms with Crippen LogP contribution in [-0.2, 0) is 14.8 Å². The number of nitrogens with one attached hydrogen (secondary N) is 2. The summed E-state index contributed by atoms with van der Waals surface area (Å²) in [7, 11) is -2.43. The summed E-state index contributed by atoms with van der Waals surface area (Å²) in [6, 6.07) is 11.0. The lowest BCUT2D eigenvalue weighted by atomic mass is 10.3. The number of ether oxygens (including phenoxy) is 1. The van der Waals surface area contributed by atoms with Crippen molar-refractivity contribution in [3.63, 3.8) is 0 Å². The first-order valence-electron chi connectivity index (χ1n) is 7.09. The second-order valence-corrected chi connectivity index (χ2v) is 6.61. The van der Waals surface area contributed by atoms with Gasteiger partial charge in [0.2, 0.25) is 0 Å². The van der Waals surface area contributed by atoms with E-state index in [0.717, 1.165) is 6.07 Å². The fourth-order valence-corrected chi connectivity index (χ4v) is 2.97. The number of anilines is 1. The smallest absolute Gasteiger partial charge is 0.261 e. The highest BCUT2D eigenvalue weighted by atomic mass is 32.2. The summed E-state index contributed by atoms with van der Waals surface area (Å²) in [5.74, 6) is -0.621. The Labute approximate surface area is 139 Å². The van der Waals surface area contributed by atoms with Gasteiger partial charge in [-0.1, -0.05) is 12.1 Å². The summed E-state index contributed by atoms with van der Waals surface area (Å²) < 4.78 is 45.7. The number of likely N-dealkylation sites (N-methyl/N-ethyl adjacent to an activating group) is 1. The van der Waals surface area contributed by atoms with E-state index >= 15 is 0 Å². The summed E-state index contributed by atoms with van der Waals surface area (Å²) in [5.41, 5.74) is -0.133. The van der Waals surface area contributed by atoms with Crippen molar-refractivity contribution in [2.45, 2.75) is 17.9 Å². The van der Waals surface area contributed by atoms with Crippen LogP contribution in [0.5, 0.6) is 5.75 Å². The average Bonchev–Trinajstić information content (AvgIpc) is 2.56. The molecule has 2 aromatic carbocycles. The van der Waals surface area contributed by atoms with Crippen molar-refractivity contribution < 1.29 is 22.3 Å². The van der Waals surface area contributed by atoms with E-state index in [9.17, 15) is 17.6 Å². The summed E-state index contributed by atoms with van der Waals surface area (Å²) >= 11 is 0. The molecule has 1 amide bonds. The zero-order chi connectivity index (χ0) is 17.7. The molecule has 0 aliphatic rings. The maximum absolute atomic E-state index is 13.6. The van der Waals surface area contributed by atoms with Gasteiger partial charge in [0, 0.05) is 7.05 Å². The molecule has 0 unspecified atom stereocenters. The van der Waals surface area contributed by atoms with Gasteiger partial charge in [-0.15, -0.1) is 0 Å². The van der Waals surface area contributed by atoms with Crippen LogP contribution in [-0.4, -0.2) is 27.5 Å². The highest BCUT2D eigenvalue weighted by Gasteiger charge is 2.17. The maximum Gasteiger partial charge on any atom is 0.261 e. The summed E-state index contributed by atoms with van der Waals surface area (Å²) in [6.07, 6.45) is -0.714. The van der Waals surface area contributed by atoms with Gasteiger partial charge in [-0.05, 0) is 43.3 Å². The molecule has 0 aliphatic heterocycles. The Morgan fingerprint density at radius 3 is 2.33 bits per heavy atom. The second kappa shape index (κ2) is 7.31. The molecule has 0 saturated carbocycles. The van der Waals surface area contributed by atoms with E-state index in [1.54, 1.807) is 6.92 Å². The first kappa shape index (κ1) is 17.7. The Balaban J connectivity index is 2.14. The summed E-state index contributed by atoms with van der Waals surface area (Å²) in [6.45, 7) is 1.57. The summed E-state index contributed by atoms with van der Waals surface area (Å²) in [4.78, 5) is 11.3. The fourth-order valence-electron chi connectivity index (χ4n) is 1.91. The van der Waals surface area contributed by atoms with Gasteiger partial charge in [0.15, 0.2) is 6.10 Å². The van der Waals surface area contributed by atoms with Gasteiger partial charge in [0.25, 0.3) is 15.9 Å². The Morgan fingerprint density at radius 2 is 1.75 bits per heavy atom. The normalized spacial score (nSPS) is 12.3. The van der Waals surface area contributed by atoms with Gasteiger partial charge < -0.3 is 10.1 Å². The predicted octanol–water partition coefficient (Wildman–Crippen LogP) is 2.14. The molecule has 0 aliphatic carbocycles. The van der Waals surface area contributed by atoms with Gasteiger partial charge in [0.05, 0.1) is 10.6 Å². The van der Waals surface area contributed by atoms with Crippen molar-refractivity contribution in [3.8, 4) is 5.75 Å². The molecule has 0 bridgehead atoms. The van der Waals surface area contributed by atoms with Crippen LogP contribution in [0.4, 0.5) is 10.1 Å². The molecule has 8 heteroatoms. The monoisotopic (exact) mass is 352 g/mol. The van der Waals surface area contributed by atoms with Crippen molar-refractivity contribution in [1.82, 2.24) is 5.32 Å². The largest absolute Gasteiger partial charge is 0.481 e. The van der Waals surface area contributed by atoms with E-state index in [1.807, 2.05) is 0 Å². The summed E-state index contributed by atoms with van der Waals surface area (Å²) in [5, 5.41) is 2.45. The first-order valence-corrected chi connectivity index (χ1v) is 8.57. The maximum atomic E-state index is 13.6. The number of hydrogen-bond acceptors (Lipinski definition) is 4. The van der Waals surface area contributed by atoms with Crippen LogP contribution in [0.15, 0.2) is 53.4 Å². The van der Waals surface area contributed by atoms with Crippen molar-refractivity contribution in [1.29, 1.82) is 0 Å². The molecular formula is C16H17FN2O4S. The molecule has 0 spiro atoms. The number of carbonyl (C=O) groups excluding carboxylic acids is 1. The quantitative estimate of drug-likeness (QED) is 0.834. The molecule has 1 atom stereocenters. The number of benzene rings is 2. The molecule has 2 N–H and O–H groups in total. The van der Waals surface area contributed by atoms with E-state index in [0.29, 0.717) is 5.75 Å². The average molecular weight is 352 g/mol. The van der Waals surface area contributed by atoms with Gasteiger partial charge in [0.1, 0.15) is 11.6 Å². The molecule has 128 valence electrons. The highest BCUT2D eigenvalue weighted by molar-refractivity contribution is 7.92.